The SMILES string of the molecule is CCCCC/C=C\C/C=C\C/C=C\CCCCCCCCCCCCCCCCC(=O)OC1C(OCC(NC(=O)C(O)CCCCCCCCCCCCCCCCCCCCCCCCCCCC)C(O)/C=C/CCCCCCCCCCC)OC(CO)C(O)C1O. The molecule has 1 saturated heterocycles. The summed E-state index contributed by atoms with van der Waals surface area (Å²) in [4.78, 5) is 26.8. The van der Waals surface area contributed by atoms with Gasteiger partial charge in [0, 0.05) is 6.42 Å². The second kappa shape index (κ2) is 69.5. The van der Waals surface area contributed by atoms with Crippen molar-refractivity contribution >= 4 is 11.9 Å². The summed E-state index contributed by atoms with van der Waals surface area (Å²) in [5.41, 5.74) is 0. The number of ether oxygens (including phenoxy) is 3. The molecule has 8 unspecified atom stereocenters. The Kier molecular flexibility index (Phi) is 66.3. The van der Waals surface area contributed by atoms with Crippen molar-refractivity contribution in [3.05, 3.63) is 48.6 Å². The van der Waals surface area contributed by atoms with E-state index in [1.165, 1.54) is 283 Å². The predicted octanol–water partition coefficient (Wildman–Crippen LogP) is 21.9. The van der Waals surface area contributed by atoms with Gasteiger partial charge in [0.15, 0.2) is 12.4 Å². The van der Waals surface area contributed by atoms with Crippen LogP contribution in [0.25, 0.3) is 0 Å². The normalized spacial score (nSPS) is 18.0. The minimum Gasteiger partial charge on any atom is -0.454 e. The van der Waals surface area contributed by atoms with E-state index in [0.717, 1.165) is 70.6 Å². The number of amides is 1. The second-order valence-electron chi connectivity index (χ2n) is 28.2. The lowest BCUT2D eigenvalue weighted by molar-refractivity contribution is -0.305. The van der Waals surface area contributed by atoms with Crippen LogP contribution < -0.4 is 5.32 Å². The minimum absolute atomic E-state index is 0.125. The van der Waals surface area contributed by atoms with Gasteiger partial charge < -0.3 is 45.1 Å². The number of rotatable bonds is 71. The molecule has 1 rings (SSSR count). The number of esters is 1. The fourth-order valence-corrected chi connectivity index (χ4v) is 12.9. The van der Waals surface area contributed by atoms with E-state index in [2.05, 4.69) is 62.5 Å². The van der Waals surface area contributed by atoms with Crippen molar-refractivity contribution in [1.82, 2.24) is 5.32 Å². The molecule has 11 heteroatoms. The summed E-state index contributed by atoms with van der Waals surface area (Å²) in [5.74, 6) is -1.18. The van der Waals surface area contributed by atoms with Gasteiger partial charge in [0.1, 0.15) is 24.4 Å². The lowest BCUT2D eigenvalue weighted by Gasteiger charge is -2.41. The van der Waals surface area contributed by atoms with Crippen molar-refractivity contribution in [3.63, 3.8) is 0 Å². The van der Waals surface area contributed by atoms with Crippen molar-refractivity contribution in [2.45, 2.75) is 449 Å². The van der Waals surface area contributed by atoms with Crippen molar-refractivity contribution in [2.75, 3.05) is 13.2 Å². The molecule has 1 fully saturated rings. The molecular formula is C82H153NO10. The summed E-state index contributed by atoms with van der Waals surface area (Å²) in [5, 5.41) is 57.4. The molecule has 0 saturated carbocycles. The van der Waals surface area contributed by atoms with Gasteiger partial charge in [0.05, 0.1) is 25.4 Å². The van der Waals surface area contributed by atoms with Crippen molar-refractivity contribution < 1.29 is 49.3 Å². The Bertz CT molecular complexity index is 1700. The van der Waals surface area contributed by atoms with Crippen LogP contribution in [0.4, 0.5) is 0 Å². The number of aliphatic hydroxyl groups is 5. The molecule has 0 bridgehead atoms. The maximum Gasteiger partial charge on any atom is 0.306 e. The van der Waals surface area contributed by atoms with E-state index in [1.54, 1.807) is 6.08 Å². The van der Waals surface area contributed by atoms with Gasteiger partial charge in [0.2, 0.25) is 5.91 Å². The van der Waals surface area contributed by atoms with Crippen molar-refractivity contribution in [2.24, 2.45) is 0 Å². The molecule has 0 aromatic rings. The highest BCUT2D eigenvalue weighted by molar-refractivity contribution is 5.80. The van der Waals surface area contributed by atoms with Gasteiger partial charge in [0.25, 0.3) is 0 Å². The van der Waals surface area contributed by atoms with E-state index in [0.29, 0.717) is 19.3 Å². The second-order valence-corrected chi connectivity index (χ2v) is 28.2. The first kappa shape index (κ1) is 88.6. The van der Waals surface area contributed by atoms with Crippen molar-refractivity contribution in [1.29, 1.82) is 0 Å². The first-order valence-electron chi connectivity index (χ1n) is 40.4. The van der Waals surface area contributed by atoms with Crippen LogP contribution in [0.2, 0.25) is 0 Å². The van der Waals surface area contributed by atoms with Gasteiger partial charge in [-0.2, -0.15) is 0 Å². The molecule has 93 heavy (non-hydrogen) atoms. The number of carbonyl (C=O) groups excluding carboxylic acids is 2. The average Bonchev–Trinajstić information content (AvgIpc) is 0.842. The Morgan fingerprint density at radius 1 is 0.419 bits per heavy atom. The largest absolute Gasteiger partial charge is 0.454 e. The number of unbranched alkanes of at least 4 members (excludes halogenated alkanes) is 51. The summed E-state index contributed by atoms with van der Waals surface area (Å²) < 4.78 is 17.8. The topological polar surface area (TPSA) is 175 Å². The first-order chi connectivity index (χ1) is 45.7. The van der Waals surface area contributed by atoms with E-state index in [4.69, 9.17) is 14.2 Å². The van der Waals surface area contributed by atoms with Gasteiger partial charge in [-0.15, -0.1) is 0 Å². The van der Waals surface area contributed by atoms with E-state index in [-0.39, 0.29) is 13.0 Å². The molecule has 11 nitrogen and oxygen atoms in total. The third-order valence-electron chi connectivity index (χ3n) is 19.2. The fraction of sp³-hybridized carbons (Fsp3) is 0.878. The fourth-order valence-electron chi connectivity index (χ4n) is 12.9. The molecule has 0 radical (unpaired) electrons. The van der Waals surface area contributed by atoms with Gasteiger partial charge in [-0.05, 0) is 64.2 Å². The lowest BCUT2D eigenvalue weighted by atomic mass is 9.99. The van der Waals surface area contributed by atoms with Crippen LogP contribution in [0.3, 0.4) is 0 Å². The quantitative estimate of drug-likeness (QED) is 0.0195. The monoisotopic (exact) mass is 1310 g/mol. The van der Waals surface area contributed by atoms with Crippen LogP contribution in [-0.4, -0.2) is 99.6 Å². The third kappa shape index (κ3) is 56.2. The maximum absolute atomic E-state index is 13.5. The molecule has 1 amide bonds. The Balaban J connectivity index is 2.45. The number of hydrogen-bond donors (Lipinski definition) is 6. The number of hydrogen-bond acceptors (Lipinski definition) is 10. The molecule has 1 heterocycles. The molecule has 0 spiro atoms. The van der Waals surface area contributed by atoms with E-state index >= 15 is 0 Å². The van der Waals surface area contributed by atoms with Gasteiger partial charge >= 0.3 is 5.97 Å². The highest BCUT2D eigenvalue weighted by atomic mass is 16.7. The Labute approximate surface area is 574 Å². The molecule has 546 valence electrons. The van der Waals surface area contributed by atoms with Gasteiger partial charge in [-0.1, -0.05) is 378 Å². The number of carbonyl (C=O) groups is 2. The molecule has 0 aromatic heterocycles. The maximum atomic E-state index is 13.5. The van der Waals surface area contributed by atoms with Gasteiger partial charge in [-0.3, -0.25) is 9.59 Å². The molecule has 0 aromatic carbocycles. The third-order valence-corrected chi connectivity index (χ3v) is 19.2. The van der Waals surface area contributed by atoms with Crippen LogP contribution in [-0.2, 0) is 23.8 Å². The van der Waals surface area contributed by atoms with Crippen molar-refractivity contribution in [3.8, 4) is 0 Å². The molecule has 8 atom stereocenters. The zero-order chi connectivity index (χ0) is 67.4. The first-order valence-corrected chi connectivity index (χ1v) is 40.4. The Hall–Kier alpha value is -2.38. The molecule has 1 aliphatic heterocycles. The number of aliphatic hydroxyl groups excluding tert-OH is 5. The zero-order valence-electron chi connectivity index (χ0n) is 61.1. The van der Waals surface area contributed by atoms with Crippen LogP contribution in [0.15, 0.2) is 48.6 Å². The van der Waals surface area contributed by atoms with Crippen LogP contribution >= 0.6 is 0 Å². The van der Waals surface area contributed by atoms with Crippen LogP contribution in [0, 0.1) is 0 Å². The molecule has 0 aliphatic carbocycles. The summed E-state index contributed by atoms with van der Waals surface area (Å²) in [6.07, 6.45) is 78.9. The van der Waals surface area contributed by atoms with Crippen LogP contribution in [0.5, 0.6) is 0 Å². The summed E-state index contributed by atoms with van der Waals surface area (Å²) >= 11 is 0. The highest BCUT2D eigenvalue weighted by Crippen LogP contribution is 2.27. The highest BCUT2D eigenvalue weighted by Gasteiger charge is 2.47. The van der Waals surface area contributed by atoms with E-state index in [1.807, 2.05) is 6.08 Å². The predicted molar refractivity (Wildman–Crippen MR) is 394 cm³/mol. The summed E-state index contributed by atoms with van der Waals surface area (Å²) in [6, 6.07) is -1.02. The van der Waals surface area contributed by atoms with Crippen LogP contribution in [0.1, 0.15) is 400 Å². The standard InChI is InChI=1S/C82H153NO10/c1-4-7-10-13-16-19-22-24-26-28-30-32-34-36-38-40-42-44-46-48-50-52-55-58-61-64-67-70-77(87)93-80-79(89)78(88)76(71-84)92-82(80)91-72-73(74(85)68-65-62-59-56-53-21-18-15-12-9-6-3)83-81(90)75(86)69-66-63-60-57-54-51-49-47-45-43-41-39-37-35-33-31-29-27-25-23-20-17-14-11-8-5-2/h16,19,24,26,30,32,65,68,73-76,78-80,82,84-86,88-89H,4-15,17-18,20-23,25,27-29,31,33-64,66-67,69-72H2,1-3H3,(H,83,90)/b19-16-,26-24-,32-30-,68-65+. The number of allylic oxidation sites excluding steroid dienone is 7. The Morgan fingerprint density at radius 2 is 0.742 bits per heavy atom. The number of nitrogens with one attached hydrogen (secondary N) is 1. The minimum atomic E-state index is -1.61. The Morgan fingerprint density at radius 3 is 1.13 bits per heavy atom. The molecule has 1 aliphatic rings. The van der Waals surface area contributed by atoms with Gasteiger partial charge in [-0.25, -0.2) is 0 Å². The summed E-state index contributed by atoms with van der Waals surface area (Å²) in [6.45, 7) is 5.83. The smallest absolute Gasteiger partial charge is 0.306 e. The summed E-state index contributed by atoms with van der Waals surface area (Å²) in [7, 11) is 0. The lowest BCUT2D eigenvalue weighted by Crippen LogP contribution is -2.61. The average molecular weight is 1310 g/mol. The molecular weight excluding hydrogens is 1160 g/mol. The zero-order valence-corrected chi connectivity index (χ0v) is 61.1. The van der Waals surface area contributed by atoms with E-state index < -0.39 is 67.4 Å². The van der Waals surface area contributed by atoms with E-state index in [9.17, 15) is 35.1 Å². The molecule has 6 N–H and O–H groups in total.